The molecule has 1 aliphatic rings. The molecule has 0 radical (unpaired) electrons. The molecule has 34 heavy (non-hydrogen) atoms. The number of aromatic nitrogens is 2. The predicted octanol–water partition coefficient (Wildman–Crippen LogP) is 3.88. The minimum Gasteiger partial charge on any atom is -0.337 e. The van der Waals surface area contributed by atoms with Crippen LogP contribution in [0.5, 0.6) is 0 Å². The average molecular weight is 483 g/mol. The fourth-order valence-corrected chi connectivity index (χ4v) is 5.66. The molecule has 0 spiro atoms. The number of rotatable bonds is 7. The minimum atomic E-state index is -3.66. The number of amides is 1. The molecule has 0 unspecified atom stereocenters. The van der Waals surface area contributed by atoms with Gasteiger partial charge >= 0.3 is 0 Å². The lowest BCUT2D eigenvalue weighted by atomic mass is 9.97. The van der Waals surface area contributed by atoms with E-state index in [-0.39, 0.29) is 29.9 Å². The third kappa shape index (κ3) is 5.20. The first-order chi connectivity index (χ1) is 16.3. The quantitative estimate of drug-likeness (QED) is 0.507. The molecule has 1 fully saturated rings. The lowest BCUT2D eigenvalue weighted by molar-refractivity contribution is -0.139. The number of carbonyl (C=O) groups excluding carboxylic acids is 1. The molecule has 8 nitrogen and oxygen atoms in total. The van der Waals surface area contributed by atoms with E-state index in [1.165, 1.54) is 4.31 Å². The second kappa shape index (κ2) is 10.1. The zero-order valence-corrected chi connectivity index (χ0v) is 20.5. The van der Waals surface area contributed by atoms with Crippen molar-refractivity contribution in [2.75, 3.05) is 13.1 Å². The summed E-state index contributed by atoms with van der Waals surface area (Å²) < 4.78 is 33.2. The van der Waals surface area contributed by atoms with E-state index >= 15 is 0 Å². The summed E-state index contributed by atoms with van der Waals surface area (Å²) in [6, 6.07) is 16.2. The number of aryl methyl sites for hydroxylation is 1. The van der Waals surface area contributed by atoms with Gasteiger partial charge in [-0.3, -0.25) is 4.79 Å². The van der Waals surface area contributed by atoms with Crippen LogP contribution in [-0.2, 0) is 21.4 Å². The Kier molecular flexibility index (Phi) is 7.13. The molecule has 1 aliphatic heterocycles. The number of benzene rings is 2. The molecule has 180 valence electrons. The highest BCUT2D eigenvalue weighted by molar-refractivity contribution is 7.89. The Morgan fingerprint density at radius 3 is 2.53 bits per heavy atom. The van der Waals surface area contributed by atoms with E-state index in [1.54, 1.807) is 29.2 Å². The fraction of sp³-hybridized carbons (Fsp3) is 0.400. The van der Waals surface area contributed by atoms with Crippen LogP contribution in [0.15, 0.2) is 64.0 Å². The first-order valence-electron chi connectivity index (χ1n) is 11.5. The Bertz CT molecular complexity index is 1220. The van der Waals surface area contributed by atoms with Crippen LogP contribution >= 0.6 is 0 Å². The highest BCUT2D eigenvalue weighted by atomic mass is 32.2. The summed E-state index contributed by atoms with van der Waals surface area (Å²) in [5, 5.41) is 4.04. The molecule has 0 saturated carbocycles. The molecule has 1 saturated heterocycles. The molecule has 9 heteroatoms. The van der Waals surface area contributed by atoms with E-state index in [4.69, 9.17) is 4.52 Å². The van der Waals surface area contributed by atoms with Crippen molar-refractivity contribution in [3.63, 3.8) is 0 Å². The molecule has 0 bridgehead atoms. The van der Waals surface area contributed by atoms with Crippen LogP contribution < -0.4 is 0 Å². The van der Waals surface area contributed by atoms with Gasteiger partial charge in [-0.05, 0) is 45.7 Å². The third-order valence-corrected chi connectivity index (χ3v) is 7.98. The highest BCUT2D eigenvalue weighted by Crippen LogP contribution is 2.26. The number of carbonyl (C=O) groups is 1. The molecule has 0 aliphatic carbocycles. The van der Waals surface area contributed by atoms with Gasteiger partial charge in [0.1, 0.15) is 6.54 Å². The van der Waals surface area contributed by atoms with Crippen molar-refractivity contribution in [2.24, 2.45) is 5.92 Å². The molecule has 1 aromatic heterocycles. The van der Waals surface area contributed by atoms with Gasteiger partial charge in [0.25, 0.3) is 0 Å². The monoisotopic (exact) mass is 482 g/mol. The smallest absolute Gasteiger partial charge is 0.246 e. The second-order valence-corrected chi connectivity index (χ2v) is 10.9. The summed E-state index contributed by atoms with van der Waals surface area (Å²) in [4.78, 5) is 19.9. The van der Waals surface area contributed by atoms with E-state index in [0.29, 0.717) is 31.1 Å². The van der Waals surface area contributed by atoms with E-state index in [2.05, 4.69) is 10.1 Å². The van der Waals surface area contributed by atoms with Gasteiger partial charge in [-0.25, -0.2) is 8.42 Å². The van der Waals surface area contributed by atoms with E-state index in [9.17, 15) is 13.2 Å². The molecule has 3 aromatic rings. The molecular formula is C25H30N4O4S. The lowest BCUT2D eigenvalue weighted by Crippen LogP contribution is -2.48. The second-order valence-electron chi connectivity index (χ2n) is 8.95. The van der Waals surface area contributed by atoms with Crippen molar-refractivity contribution in [1.29, 1.82) is 0 Å². The first kappa shape index (κ1) is 24.1. The Hall–Kier alpha value is -3.04. The maximum Gasteiger partial charge on any atom is 0.246 e. The summed E-state index contributed by atoms with van der Waals surface area (Å²) in [5.41, 5.74) is 1.83. The van der Waals surface area contributed by atoms with Gasteiger partial charge in [-0.15, -0.1) is 0 Å². The van der Waals surface area contributed by atoms with Crippen molar-refractivity contribution in [2.45, 2.75) is 51.1 Å². The van der Waals surface area contributed by atoms with Gasteiger partial charge in [0.05, 0.1) is 10.8 Å². The van der Waals surface area contributed by atoms with Gasteiger partial charge in [0.15, 0.2) is 0 Å². The average Bonchev–Trinajstić information content (AvgIpc) is 3.32. The summed E-state index contributed by atoms with van der Waals surface area (Å²) in [7, 11) is -3.66. The van der Waals surface area contributed by atoms with Crippen LogP contribution in [0.25, 0.3) is 11.4 Å². The first-order valence-corrected chi connectivity index (χ1v) is 12.9. The van der Waals surface area contributed by atoms with Crippen molar-refractivity contribution >= 4 is 15.9 Å². The molecule has 4 rings (SSSR count). The SMILES string of the molecule is Cc1ccc(S(=O)(=O)N2CCC[C@@H](C(=O)N(Cc3nc(-c4ccccc4)no3)C(C)C)C2)cc1. The largest absolute Gasteiger partial charge is 0.337 e. The molecule has 2 aromatic carbocycles. The van der Waals surface area contributed by atoms with Crippen LogP contribution in [0.3, 0.4) is 0 Å². The van der Waals surface area contributed by atoms with Crippen molar-refractivity contribution in [3.05, 3.63) is 66.1 Å². The summed E-state index contributed by atoms with van der Waals surface area (Å²) in [5.74, 6) is 0.298. The molecule has 1 atom stereocenters. The number of nitrogens with zero attached hydrogens (tertiary/aromatic N) is 4. The molecule has 0 N–H and O–H groups in total. The van der Waals surface area contributed by atoms with Crippen molar-refractivity contribution in [1.82, 2.24) is 19.3 Å². The van der Waals surface area contributed by atoms with Crippen LogP contribution in [0.2, 0.25) is 0 Å². The Morgan fingerprint density at radius 1 is 1.15 bits per heavy atom. The lowest BCUT2D eigenvalue weighted by Gasteiger charge is -2.35. The normalized spacial score (nSPS) is 17.1. The van der Waals surface area contributed by atoms with Gasteiger partial charge in [-0.2, -0.15) is 9.29 Å². The van der Waals surface area contributed by atoms with E-state index in [1.807, 2.05) is 51.1 Å². The number of hydrogen-bond acceptors (Lipinski definition) is 6. The summed E-state index contributed by atoms with van der Waals surface area (Å²) in [6.45, 7) is 6.52. The highest BCUT2D eigenvalue weighted by Gasteiger charge is 2.36. The third-order valence-electron chi connectivity index (χ3n) is 6.10. The zero-order chi connectivity index (χ0) is 24.3. The van der Waals surface area contributed by atoms with Crippen molar-refractivity contribution in [3.8, 4) is 11.4 Å². The fourth-order valence-electron chi connectivity index (χ4n) is 4.14. The van der Waals surface area contributed by atoms with Gasteiger partial charge in [0, 0.05) is 24.7 Å². The Balaban J connectivity index is 1.48. The Morgan fingerprint density at radius 2 is 1.85 bits per heavy atom. The van der Waals surface area contributed by atoms with Gasteiger partial charge in [-0.1, -0.05) is 53.2 Å². The van der Waals surface area contributed by atoms with Crippen LogP contribution in [0, 0.1) is 12.8 Å². The topological polar surface area (TPSA) is 96.6 Å². The van der Waals surface area contributed by atoms with Crippen LogP contribution in [-0.4, -0.2) is 52.8 Å². The molecule has 1 amide bonds. The van der Waals surface area contributed by atoms with Gasteiger partial charge < -0.3 is 9.42 Å². The maximum absolute atomic E-state index is 13.5. The zero-order valence-electron chi connectivity index (χ0n) is 19.7. The van der Waals surface area contributed by atoms with E-state index < -0.39 is 15.9 Å². The Labute approximate surface area is 200 Å². The maximum atomic E-state index is 13.5. The van der Waals surface area contributed by atoms with E-state index in [0.717, 1.165) is 11.1 Å². The number of hydrogen-bond donors (Lipinski definition) is 0. The minimum absolute atomic E-state index is 0.0988. The summed E-state index contributed by atoms with van der Waals surface area (Å²) >= 11 is 0. The van der Waals surface area contributed by atoms with Crippen molar-refractivity contribution < 1.29 is 17.7 Å². The van der Waals surface area contributed by atoms with Gasteiger partial charge in [0.2, 0.25) is 27.6 Å². The number of piperidine rings is 1. The molecular weight excluding hydrogens is 452 g/mol. The van der Waals surface area contributed by atoms with Crippen LogP contribution in [0.1, 0.15) is 38.1 Å². The standard InChI is InChI=1S/C25H30N4O4S/c1-18(2)29(17-23-26-24(27-33-23)20-8-5-4-6-9-20)25(30)21-10-7-15-28(16-21)34(31,32)22-13-11-19(3)12-14-22/h4-6,8-9,11-14,18,21H,7,10,15-17H2,1-3H3/t21-/m1/s1. The predicted molar refractivity (Wildman–Crippen MR) is 128 cm³/mol. The molecule has 2 heterocycles. The number of sulfonamides is 1. The van der Waals surface area contributed by atoms with Crippen LogP contribution in [0.4, 0.5) is 0 Å². The summed E-state index contributed by atoms with van der Waals surface area (Å²) in [6.07, 6.45) is 1.27.